The van der Waals surface area contributed by atoms with Crippen LogP contribution >= 0.6 is 0 Å². The molecule has 44 heavy (non-hydrogen) atoms. The lowest BCUT2D eigenvalue weighted by molar-refractivity contribution is -0.138. The number of hydrogen-bond donors (Lipinski definition) is 2. The maximum Gasteiger partial charge on any atom is 0.303 e. The van der Waals surface area contributed by atoms with Gasteiger partial charge in [-0.15, -0.1) is 0 Å². The van der Waals surface area contributed by atoms with Crippen molar-refractivity contribution in [3.8, 4) is 22.6 Å². The molecule has 3 rings (SSSR count). The van der Waals surface area contributed by atoms with E-state index >= 15 is 0 Å². The van der Waals surface area contributed by atoms with Crippen LogP contribution in [0.4, 0.5) is 4.39 Å². The van der Waals surface area contributed by atoms with E-state index in [1.165, 1.54) is 11.0 Å². The molecular weight excluding hydrogens is 565 g/mol. The second-order valence-corrected chi connectivity index (χ2v) is 11.1. The number of ether oxygens (including phenoxy) is 2. The van der Waals surface area contributed by atoms with Gasteiger partial charge in [0.05, 0.1) is 13.2 Å². The van der Waals surface area contributed by atoms with Gasteiger partial charge in [-0.2, -0.15) is 0 Å². The van der Waals surface area contributed by atoms with Crippen molar-refractivity contribution >= 4 is 17.8 Å². The molecule has 0 fully saturated rings. The molecule has 3 aromatic rings. The Labute approximate surface area is 258 Å². The molecule has 236 valence electrons. The predicted octanol–water partition coefficient (Wildman–Crippen LogP) is 6.95. The Morgan fingerprint density at radius 3 is 2.20 bits per heavy atom. The fraction of sp³-hybridized carbons (Fsp3) is 0.400. The van der Waals surface area contributed by atoms with E-state index in [9.17, 15) is 23.9 Å². The van der Waals surface area contributed by atoms with Crippen molar-refractivity contribution in [1.82, 2.24) is 4.90 Å². The molecule has 3 aromatic carbocycles. The van der Waals surface area contributed by atoms with Crippen LogP contribution in [0.3, 0.4) is 0 Å². The van der Waals surface area contributed by atoms with Gasteiger partial charge in [0.2, 0.25) is 0 Å². The summed E-state index contributed by atoms with van der Waals surface area (Å²) in [6, 6.07) is 16.0. The number of carbonyl (C=O) groups is 3. The lowest BCUT2D eigenvalue weighted by Gasteiger charge is -2.16. The van der Waals surface area contributed by atoms with E-state index in [4.69, 9.17) is 14.6 Å². The predicted molar refractivity (Wildman–Crippen MR) is 167 cm³/mol. The lowest BCUT2D eigenvalue weighted by atomic mass is 9.97. The summed E-state index contributed by atoms with van der Waals surface area (Å²) in [5.74, 6) is -1.07. The molecule has 2 N–H and O–H groups in total. The van der Waals surface area contributed by atoms with Crippen LogP contribution in [0.1, 0.15) is 72.0 Å². The van der Waals surface area contributed by atoms with Crippen LogP contribution in [0.25, 0.3) is 11.1 Å². The van der Waals surface area contributed by atoms with Crippen LogP contribution in [0, 0.1) is 12.7 Å². The van der Waals surface area contributed by atoms with Gasteiger partial charge in [0.25, 0.3) is 5.91 Å². The SMILES string of the molecule is Cc1ccc(-c2cc(OCCCCCCc3cccc(OCCCC(=O)O)c3CCC(=O)O)cc(C(=O)N(C)C)c2)cc1F. The Balaban J connectivity index is 1.56. The summed E-state index contributed by atoms with van der Waals surface area (Å²) in [6.07, 6.45) is 5.07. The summed E-state index contributed by atoms with van der Waals surface area (Å²) in [7, 11) is 3.36. The highest BCUT2D eigenvalue weighted by atomic mass is 19.1. The normalized spacial score (nSPS) is 10.8. The fourth-order valence-corrected chi connectivity index (χ4v) is 4.87. The van der Waals surface area contributed by atoms with Gasteiger partial charge in [-0.3, -0.25) is 14.4 Å². The highest BCUT2D eigenvalue weighted by molar-refractivity contribution is 5.95. The minimum atomic E-state index is -0.883. The minimum Gasteiger partial charge on any atom is -0.494 e. The van der Waals surface area contributed by atoms with E-state index < -0.39 is 11.9 Å². The monoisotopic (exact) mass is 607 g/mol. The summed E-state index contributed by atoms with van der Waals surface area (Å²) >= 11 is 0. The third-order valence-corrected chi connectivity index (χ3v) is 7.29. The standard InChI is InChI=1S/C35H42FNO7/c1-24-14-15-26(23-31(24)36)27-20-28(35(42)37(2)3)22-29(21-27)43-18-7-5-4-6-10-25-11-8-12-32(30(25)16-17-34(40)41)44-19-9-13-33(38)39/h8,11-12,14-15,20-23H,4-7,9-10,13,16-19H2,1-3H3,(H,38,39)(H,40,41). The highest BCUT2D eigenvalue weighted by Crippen LogP contribution is 2.29. The van der Waals surface area contributed by atoms with Crippen LogP contribution < -0.4 is 9.47 Å². The van der Waals surface area contributed by atoms with Gasteiger partial charge < -0.3 is 24.6 Å². The third kappa shape index (κ3) is 10.7. The number of benzene rings is 3. The molecule has 0 atom stereocenters. The number of carbonyl (C=O) groups excluding carboxylic acids is 1. The number of aryl methyl sites for hydroxylation is 2. The quantitative estimate of drug-likeness (QED) is 0.151. The molecule has 0 aliphatic rings. The Kier molecular flexibility index (Phi) is 13.2. The van der Waals surface area contributed by atoms with E-state index in [1.54, 1.807) is 45.3 Å². The number of halogens is 1. The summed E-state index contributed by atoms with van der Waals surface area (Å²) in [6.45, 7) is 2.42. The van der Waals surface area contributed by atoms with Crippen molar-refractivity contribution in [1.29, 1.82) is 0 Å². The van der Waals surface area contributed by atoms with Crippen molar-refractivity contribution < 1.29 is 38.5 Å². The molecule has 0 spiro atoms. The molecule has 0 saturated carbocycles. The van der Waals surface area contributed by atoms with Gasteiger partial charge in [0.15, 0.2) is 0 Å². The average molecular weight is 608 g/mol. The second-order valence-electron chi connectivity index (χ2n) is 11.1. The third-order valence-electron chi connectivity index (χ3n) is 7.29. The number of unbranched alkanes of at least 4 members (excludes halogenated alkanes) is 3. The number of nitrogens with zero attached hydrogens (tertiary/aromatic N) is 1. The molecular formula is C35H42FNO7. The van der Waals surface area contributed by atoms with Gasteiger partial charge in [0.1, 0.15) is 17.3 Å². The molecule has 8 nitrogen and oxygen atoms in total. The van der Waals surface area contributed by atoms with Gasteiger partial charge in [-0.05, 0) is 97.2 Å². The van der Waals surface area contributed by atoms with Gasteiger partial charge in [-0.1, -0.05) is 37.1 Å². The summed E-state index contributed by atoms with van der Waals surface area (Å²) in [5.41, 5.74) is 4.30. The maximum absolute atomic E-state index is 14.3. The first-order valence-corrected chi connectivity index (χ1v) is 15.0. The molecule has 0 heterocycles. The molecule has 0 saturated heterocycles. The van der Waals surface area contributed by atoms with Gasteiger partial charge in [-0.25, -0.2) is 4.39 Å². The van der Waals surface area contributed by atoms with Crippen LogP contribution in [-0.2, 0) is 22.4 Å². The largest absolute Gasteiger partial charge is 0.494 e. The number of rotatable bonds is 18. The number of carboxylic acids is 2. The zero-order valence-electron chi connectivity index (χ0n) is 25.7. The molecule has 0 bridgehead atoms. The highest BCUT2D eigenvalue weighted by Gasteiger charge is 2.14. The minimum absolute atomic E-state index is 0.0122. The molecule has 0 aromatic heterocycles. The van der Waals surface area contributed by atoms with Crippen molar-refractivity contribution in [2.24, 2.45) is 0 Å². The van der Waals surface area contributed by atoms with Crippen molar-refractivity contribution in [3.63, 3.8) is 0 Å². The Morgan fingerprint density at radius 2 is 1.50 bits per heavy atom. The van der Waals surface area contributed by atoms with Crippen molar-refractivity contribution in [2.45, 2.75) is 64.7 Å². The van der Waals surface area contributed by atoms with Crippen LogP contribution in [0.15, 0.2) is 54.6 Å². The molecule has 9 heteroatoms. The van der Waals surface area contributed by atoms with E-state index in [2.05, 4.69) is 0 Å². The summed E-state index contributed by atoms with van der Waals surface area (Å²) in [4.78, 5) is 36.2. The second kappa shape index (κ2) is 17.0. The smallest absolute Gasteiger partial charge is 0.303 e. The number of aliphatic carboxylic acids is 2. The van der Waals surface area contributed by atoms with Crippen molar-refractivity contribution in [3.05, 3.63) is 82.7 Å². The Bertz CT molecular complexity index is 1440. The first-order chi connectivity index (χ1) is 21.0. The Hall–Kier alpha value is -4.40. The van der Waals surface area contributed by atoms with Crippen LogP contribution in [0.2, 0.25) is 0 Å². The van der Waals surface area contributed by atoms with Gasteiger partial charge in [0, 0.05) is 32.5 Å². The summed E-state index contributed by atoms with van der Waals surface area (Å²) in [5, 5.41) is 18.1. The average Bonchev–Trinajstić information content (AvgIpc) is 2.98. The molecule has 0 aliphatic carbocycles. The van der Waals surface area contributed by atoms with Crippen molar-refractivity contribution in [2.75, 3.05) is 27.3 Å². The first-order valence-electron chi connectivity index (χ1n) is 15.0. The molecule has 0 radical (unpaired) electrons. The van der Waals surface area contributed by atoms with E-state index in [-0.39, 0.29) is 31.2 Å². The van der Waals surface area contributed by atoms with Gasteiger partial charge >= 0.3 is 11.9 Å². The maximum atomic E-state index is 14.3. The molecule has 1 amide bonds. The van der Waals surface area contributed by atoms with Crippen LogP contribution in [0.5, 0.6) is 11.5 Å². The van der Waals surface area contributed by atoms with E-state index in [1.807, 2.05) is 24.3 Å². The first kappa shape index (κ1) is 34.1. The van der Waals surface area contributed by atoms with E-state index in [0.29, 0.717) is 53.2 Å². The fourth-order valence-electron chi connectivity index (χ4n) is 4.87. The number of amides is 1. The molecule has 0 unspecified atom stereocenters. The zero-order chi connectivity index (χ0) is 32.1. The summed E-state index contributed by atoms with van der Waals surface area (Å²) < 4.78 is 26.1. The topological polar surface area (TPSA) is 113 Å². The van der Waals surface area contributed by atoms with E-state index in [0.717, 1.165) is 43.2 Å². The molecule has 0 aliphatic heterocycles. The number of carboxylic acid groups (broad SMARTS) is 2. The van der Waals surface area contributed by atoms with Crippen LogP contribution in [-0.4, -0.2) is 60.3 Å². The Morgan fingerprint density at radius 1 is 0.773 bits per heavy atom. The number of hydrogen-bond acceptors (Lipinski definition) is 5. The lowest BCUT2D eigenvalue weighted by Crippen LogP contribution is -2.21. The zero-order valence-corrected chi connectivity index (χ0v) is 25.7.